The van der Waals surface area contributed by atoms with Crippen LogP contribution in [0.15, 0.2) is 34.3 Å². The number of allylic oxidation sites excluding steroid dienone is 1. The lowest BCUT2D eigenvalue weighted by molar-refractivity contribution is 0.709. The van der Waals surface area contributed by atoms with Gasteiger partial charge in [-0.1, -0.05) is 29.3 Å². The van der Waals surface area contributed by atoms with Crippen LogP contribution >= 0.6 is 27.5 Å². The molecule has 0 aliphatic rings. The maximum atomic E-state index is 5.95. The van der Waals surface area contributed by atoms with Gasteiger partial charge in [-0.25, -0.2) is 0 Å². The van der Waals surface area contributed by atoms with E-state index < -0.39 is 0 Å². The number of rotatable bonds is 3. The highest BCUT2D eigenvalue weighted by Crippen LogP contribution is 2.26. The van der Waals surface area contributed by atoms with Crippen molar-refractivity contribution in [3.05, 3.63) is 44.9 Å². The van der Waals surface area contributed by atoms with Crippen LogP contribution in [0.4, 0.5) is 0 Å². The van der Waals surface area contributed by atoms with E-state index in [4.69, 9.17) is 11.6 Å². The van der Waals surface area contributed by atoms with Crippen molar-refractivity contribution >= 4 is 27.5 Å². The normalized spacial score (nSPS) is 12.3. The van der Waals surface area contributed by atoms with Crippen molar-refractivity contribution in [2.45, 2.75) is 19.9 Å². The summed E-state index contributed by atoms with van der Waals surface area (Å²) in [5.74, 6) is 0. The Kier molecular flexibility index (Phi) is 4.84. The molecule has 0 saturated carbocycles. The van der Waals surface area contributed by atoms with E-state index in [2.05, 4.69) is 41.2 Å². The van der Waals surface area contributed by atoms with Crippen LogP contribution in [0.25, 0.3) is 0 Å². The highest BCUT2D eigenvalue weighted by atomic mass is 79.9. The zero-order chi connectivity index (χ0) is 11.4. The van der Waals surface area contributed by atoms with Crippen LogP contribution in [-0.2, 0) is 0 Å². The van der Waals surface area contributed by atoms with E-state index >= 15 is 0 Å². The molecule has 1 aromatic carbocycles. The fourth-order valence-electron chi connectivity index (χ4n) is 1.39. The maximum absolute atomic E-state index is 5.95. The van der Waals surface area contributed by atoms with Gasteiger partial charge in [0.1, 0.15) is 0 Å². The van der Waals surface area contributed by atoms with Crippen LogP contribution in [-0.4, -0.2) is 7.05 Å². The predicted molar refractivity (Wildman–Crippen MR) is 70.4 cm³/mol. The Hall–Kier alpha value is -0.310. The first-order valence-electron chi connectivity index (χ1n) is 4.82. The second-order valence-electron chi connectivity index (χ2n) is 3.68. The third kappa shape index (κ3) is 3.63. The summed E-state index contributed by atoms with van der Waals surface area (Å²) in [7, 11) is 1.95. The minimum absolute atomic E-state index is 0.239. The van der Waals surface area contributed by atoms with Crippen LogP contribution in [0.5, 0.6) is 0 Å². The lowest BCUT2D eigenvalue weighted by atomic mass is 10.1. The summed E-state index contributed by atoms with van der Waals surface area (Å²) in [6.07, 6.45) is 2.19. The molecule has 15 heavy (non-hydrogen) atoms. The molecule has 0 aliphatic carbocycles. The molecule has 0 spiro atoms. The summed E-state index contributed by atoms with van der Waals surface area (Å²) in [6, 6.07) is 6.23. The lowest BCUT2D eigenvalue weighted by Gasteiger charge is -2.13. The molecule has 1 atom stereocenters. The minimum atomic E-state index is 0.239. The summed E-state index contributed by atoms with van der Waals surface area (Å²) in [5, 5.41) is 4.00. The quantitative estimate of drug-likeness (QED) is 0.816. The molecule has 1 aromatic rings. The van der Waals surface area contributed by atoms with Gasteiger partial charge in [-0.3, -0.25) is 0 Å². The van der Waals surface area contributed by atoms with E-state index in [0.29, 0.717) is 0 Å². The fraction of sp³-hybridized carbons (Fsp3) is 0.333. The van der Waals surface area contributed by atoms with Gasteiger partial charge in [0.2, 0.25) is 0 Å². The Morgan fingerprint density at radius 3 is 2.60 bits per heavy atom. The van der Waals surface area contributed by atoms with Gasteiger partial charge in [0.25, 0.3) is 0 Å². The second-order valence-corrected chi connectivity index (χ2v) is 4.95. The first-order valence-corrected chi connectivity index (χ1v) is 5.99. The van der Waals surface area contributed by atoms with Gasteiger partial charge in [-0.2, -0.15) is 0 Å². The zero-order valence-electron chi connectivity index (χ0n) is 9.14. The molecule has 0 heterocycles. The number of nitrogens with one attached hydrogen (secondary N) is 1. The molecule has 0 aromatic heterocycles. The summed E-state index contributed by atoms with van der Waals surface area (Å²) < 4.78 is 0.934. The summed E-state index contributed by atoms with van der Waals surface area (Å²) in [6.45, 7) is 4.19. The first kappa shape index (κ1) is 12.8. The first-order chi connectivity index (χ1) is 7.04. The van der Waals surface area contributed by atoms with Crippen LogP contribution in [0.1, 0.15) is 25.5 Å². The van der Waals surface area contributed by atoms with Gasteiger partial charge >= 0.3 is 0 Å². The Morgan fingerprint density at radius 2 is 2.13 bits per heavy atom. The van der Waals surface area contributed by atoms with Crippen molar-refractivity contribution in [1.82, 2.24) is 5.32 Å². The van der Waals surface area contributed by atoms with Gasteiger partial charge in [-0.05, 0) is 54.5 Å². The topological polar surface area (TPSA) is 12.0 Å². The highest BCUT2D eigenvalue weighted by molar-refractivity contribution is 9.10. The van der Waals surface area contributed by atoms with Crippen LogP contribution in [0.2, 0.25) is 5.02 Å². The summed E-state index contributed by atoms with van der Waals surface area (Å²) >= 11 is 9.38. The molecule has 82 valence electrons. The standard InChI is InChI=1S/C12H15BrClN/c1-8(2)6-12(15-3)9-4-5-11(14)10(13)7-9/h4-7,12,15H,1-3H3. The molecule has 1 N–H and O–H groups in total. The number of halogens is 2. The SMILES string of the molecule is CNC(C=C(C)C)c1ccc(Cl)c(Br)c1. The molecule has 0 radical (unpaired) electrons. The van der Waals surface area contributed by atoms with Crippen LogP contribution in [0, 0.1) is 0 Å². The predicted octanol–water partition coefficient (Wildman–Crippen LogP) is 4.33. The molecule has 0 saturated heterocycles. The third-order valence-corrected chi connectivity index (χ3v) is 3.33. The van der Waals surface area contributed by atoms with Gasteiger partial charge in [0.05, 0.1) is 11.1 Å². The molecular weight excluding hydrogens is 273 g/mol. The highest BCUT2D eigenvalue weighted by Gasteiger charge is 2.07. The van der Waals surface area contributed by atoms with Gasteiger partial charge in [0, 0.05) is 4.47 Å². The molecule has 0 bridgehead atoms. The van der Waals surface area contributed by atoms with E-state index in [9.17, 15) is 0 Å². The monoisotopic (exact) mass is 287 g/mol. The Bertz CT molecular complexity index is 370. The van der Waals surface area contributed by atoms with Crippen LogP contribution in [0.3, 0.4) is 0 Å². The molecule has 1 unspecified atom stereocenters. The largest absolute Gasteiger partial charge is 0.310 e. The third-order valence-electron chi connectivity index (χ3n) is 2.11. The van der Waals surface area contributed by atoms with Crippen molar-refractivity contribution < 1.29 is 0 Å². The average molecular weight is 289 g/mol. The average Bonchev–Trinajstić information content (AvgIpc) is 2.18. The maximum Gasteiger partial charge on any atom is 0.0548 e. The summed E-state index contributed by atoms with van der Waals surface area (Å²) in [4.78, 5) is 0. The Balaban J connectivity index is 3.03. The van der Waals surface area contributed by atoms with Crippen molar-refractivity contribution in [2.75, 3.05) is 7.05 Å². The van der Waals surface area contributed by atoms with Crippen molar-refractivity contribution in [1.29, 1.82) is 0 Å². The smallest absolute Gasteiger partial charge is 0.0548 e. The molecule has 1 nitrogen and oxygen atoms in total. The van der Waals surface area contributed by atoms with Crippen molar-refractivity contribution in [3.8, 4) is 0 Å². The molecule has 0 fully saturated rings. The van der Waals surface area contributed by atoms with Crippen molar-refractivity contribution in [2.24, 2.45) is 0 Å². The number of benzene rings is 1. The van der Waals surface area contributed by atoms with E-state index in [-0.39, 0.29) is 6.04 Å². The molecule has 1 rings (SSSR count). The Labute approximate surface area is 105 Å². The number of hydrogen-bond acceptors (Lipinski definition) is 1. The number of hydrogen-bond donors (Lipinski definition) is 1. The van der Waals surface area contributed by atoms with Gasteiger partial charge < -0.3 is 5.32 Å². The number of likely N-dealkylation sites (N-methyl/N-ethyl adjacent to an activating group) is 1. The lowest BCUT2D eigenvalue weighted by Crippen LogP contribution is -2.14. The fourth-order valence-corrected chi connectivity index (χ4v) is 1.90. The zero-order valence-corrected chi connectivity index (χ0v) is 11.5. The van der Waals surface area contributed by atoms with E-state index in [1.165, 1.54) is 11.1 Å². The molecule has 0 aliphatic heterocycles. The molecule has 0 amide bonds. The second kappa shape index (κ2) is 5.69. The molecular formula is C12H15BrClN. The van der Waals surface area contributed by atoms with E-state index in [1.807, 2.05) is 25.2 Å². The van der Waals surface area contributed by atoms with Crippen LogP contribution < -0.4 is 5.32 Å². The summed E-state index contributed by atoms with van der Waals surface area (Å²) in [5.41, 5.74) is 2.50. The minimum Gasteiger partial charge on any atom is -0.310 e. The Morgan fingerprint density at radius 1 is 1.47 bits per heavy atom. The van der Waals surface area contributed by atoms with E-state index in [0.717, 1.165) is 9.50 Å². The van der Waals surface area contributed by atoms with Gasteiger partial charge in [0.15, 0.2) is 0 Å². The van der Waals surface area contributed by atoms with Gasteiger partial charge in [-0.15, -0.1) is 0 Å². The van der Waals surface area contributed by atoms with E-state index in [1.54, 1.807) is 0 Å². The molecule has 3 heteroatoms. The van der Waals surface area contributed by atoms with Crippen molar-refractivity contribution in [3.63, 3.8) is 0 Å².